The number of aliphatic hydroxyl groups excluding tert-OH is 1. The zero-order valence-electron chi connectivity index (χ0n) is 10.6. The van der Waals surface area contributed by atoms with Crippen molar-refractivity contribution in [2.24, 2.45) is 0 Å². The van der Waals surface area contributed by atoms with E-state index in [1.165, 1.54) is 0 Å². The molecule has 0 saturated carbocycles. The number of halogens is 2. The summed E-state index contributed by atoms with van der Waals surface area (Å²) in [6.45, 7) is 0.446. The highest BCUT2D eigenvalue weighted by Crippen LogP contribution is 2.25. The Morgan fingerprint density at radius 3 is 2.10 bits per heavy atom. The highest BCUT2D eigenvalue weighted by molar-refractivity contribution is 6.21. The second-order valence-corrected chi connectivity index (χ2v) is 4.26. The first kappa shape index (κ1) is 14.5. The molecule has 2 amide bonds. The van der Waals surface area contributed by atoms with E-state index in [1.54, 1.807) is 0 Å². The van der Waals surface area contributed by atoms with E-state index in [0.29, 0.717) is 6.42 Å². The van der Waals surface area contributed by atoms with Gasteiger partial charge < -0.3 is 9.84 Å². The Morgan fingerprint density at radius 1 is 1.05 bits per heavy atom. The lowest BCUT2D eigenvalue weighted by Gasteiger charge is -2.13. The molecule has 0 spiro atoms. The molecule has 1 heterocycles. The molecule has 0 atom stereocenters. The van der Waals surface area contributed by atoms with E-state index < -0.39 is 23.4 Å². The van der Waals surface area contributed by atoms with Crippen LogP contribution in [0.1, 0.15) is 27.1 Å². The topological polar surface area (TPSA) is 66.8 Å². The second-order valence-electron chi connectivity index (χ2n) is 4.26. The van der Waals surface area contributed by atoms with Crippen LogP contribution in [-0.2, 0) is 4.74 Å². The lowest BCUT2D eigenvalue weighted by Crippen LogP contribution is -2.31. The minimum Gasteiger partial charge on any atom is -0.394 e. The number of carbonyl (C=O) groups excluding carboxylic acids is 2. The van der Waals surface area contributed by atoms with Crippen LogP contribution in [0.25, 0.3) is 0 Å². The van der Waals surface area contributed by atoms with Crippen LogP contribution in [0.2, 0.25) is 0 Å². The van der Waals surface area contributed by atoms with Gasteiger partial charge in [0.05, 0.1) is 24.3 Å². The first-order chi connectivity index (χ1) is 9.56. The Hall–Kier alpha value is -1.86. The summed E-state index contributed by atoms with van der Waals surface area (Å²) in [6, 6.07) is 1.49. The maximum Gasteiger partial charge on any atom is 0.261 e. The molecule has 1 aliphatic heterocycles. The monoisotopic (exact) mass is 285 g/mol. The summed E-state index contributed by atoms with van der Waals surface area (Å²) >= 11 is 0. The predicted molar refractivity (Wildman–Crippen MR) is 64.2 cm³/mol. The van der Waals surface area contributed by atoms with Gasteiger partial charge in [-0.15, -0.1) is 0 Å². The molecule has 7 heteroatoms. The Kier molecular flexibility index (Phi) is 4.41. The third kappa shape index (κ3) is 2.68. The third-order valence-electron chi connectivity index (χ3n) is 2.92. The molecule has 0 radical (unpaired) electrons. The minimum atomic E-state index is -1.15. The summed E-state index contributed by atoms with van der Waals surface area (Å²) in [5, 5.41) is 8.52. The molecule has 1 aromatic rings. The van der Waals surface area contributed by atoms with Gasteiger partial charge in [-0.1, -0.05) is 0 Å². The van der Waals surface area contributed by atoms with E-state index in [9.17, 15) is 18.4 Å². The Bertz CT molecular complexity index is 506. The van der Waals surface area contributed by atoms with Gasteiger partial charge in [0.2, 0.25) is 0 Å². The SMILES string of the molecule is O=C1c2cc(F)c(F)cc2C(=O)N1CCCOCCO. The number of hydrogen-bond acceptors (Lipinski definition) is 4. The number of nitrogens with zero attached hydrogens (tertiary/aromatic N) is 1. The number of fused-ring (bicyclic) bond motifs is 1. The van der Waals surface area contributed by atoms with Crippen molar-refractivity contribution in [1.82, 2.24) is 4.90 Å². The van der Waals surface area contributed by atoms with Crippen molar-refractivity contribution in [3.05, 3.63) is 34.9 Å². The third-order valence-corrected chi connectivity index (χ3v) is 2.92. The maximum absolute atomic E-state index is 13.1. The van der Waals surface area contributed by atoms with E-state index in [1.807, 2.05) is 0 Å². The number of amides is 2. The van der Waals surface area contributed by atoms with E-state index in [4.69, 9.17) is 9.84 Å². The summed E-state index contributed by atoms with van der Waals surface area (Å²) in [6.07, 6.45) is 0.385. The molecule has 0 unspecified atom stereocenters. The molecular formula is C13H13F2NO4. The summed E-state index contributed by atoms with van der Waals surface area (Å²) in [7, 11) is 0. The van der Waals surface area contributed by atoms with E-state index in [-0.39, 0.29) is 37.5 Å². The molecule has 20 heavy (non-hydrogen) atoms. The first-order valence-electron chi connectivity index (χ1n) is 6.10. The van der Waals surface area contributed by atoms with Gasteiger partial charge >= 0.3 is 0 Å². The van der Waals surface area contributed by atoms with Gasteiger partial charge in [-0.2, -0.15) is 0 Å². The quantitative estimate of drug-likeness (QED) is 0.624. The molecule has 0 saturated heterocycles. The fraction of sp³-hybridized carbons (Fsp3) is 0.385. The molecular weight excluding hydrogens is 272 g/mol. The highest BCUT2D eigenvalue weighted by Gasteiger charge is 2.36. The predicted octanol–water partition coefficient (Wildman–Crippen LogP) is 0.960. The van der Waals surface area contributed by atoms with Crippen molar-refractivity contribution in [2.75, 3.05) is 26.4 Å². The van der Waals surface area contributed by atoms with Crippen LogP contribution < -0.4 is 0 Å². The number of aliphatic hydroxyl groups is 1. The van der Waals surface area contributed by atoms with Gasteiger partial charge in [0, 0.05) is 13.2 Å². The van der Waals surface area contributed by atoms with Crippen molar-refractivity contribution in [3.8, 4) is 0 Å². The van der Waals surface area contributed by atoms with Gasteiger partial charge in [-0.25, -0.2) is 8.78 Å². The molecule has 108 valence electrons. The summed E-state index contributed by atoms with van der Waals surface area (Å²) in [5.74, 6) is -3.58. The maximum atomic E-state index is 13.1. The normalized spacial score (nSPS) is 14.1. The Labute approximate surface area is 113 Å². The van der Waals surface area contributed by atoms with Crippen LogP contribution in [0.5, 0.6) is 0 Å². The van der Waals surface area contributed by atoms with Gasteiger partial charge in [-0.05, 0) is 18.6 Å². The minimum absolute atomic E-state index is 0.0982. The molecule has 0 aromatic heterocycles. The number of carbonyl (C=O) groups is 2. The average Bonchev–Trinajstić information content (AvgIpc) is 2.64. The van der Waals surface area contributed by atoms with Crippen LogP contribution in [0.15, 0.2) is 12.1 Å². The van der Waals surface area contributed by atoms with Crippen LogP contribution in [-0.4, -0.2) is 48.2 Å². The largest absolute Gasteiger partial charge is 0.394 e. The zero-order chi connectivity index (χ0) is 14.7. The Balaban J connectivity index is 2.04. The first-order valence-corrected chi connectivity index (χ1v) is 6.10. The molecule has 0 bridgehead atoms. The second kappa shape index (κ2) is 6.06. The summed E-state index contributed by atoms with van der Waals surface area (Å²) in [4.78, 5) is 24.8. The number of ether oxygens (including phenoxy) is 1. The van der Waals surface area contributed by atoms with E-state index >= 15 is 0 Å². The molecule has 0 aliphatic carbocycles. The van der Waals surface area contributed by atoms with Crippen molar-refractivity contribution >= 4 is 11.8 Å². The van der Waals surface area contributed by atoms with Crippen molar-refractivity contribution in [1.29, 1.82) is 0 Å². The van der Waals surface area contributed by atoms with E-state index in [2.05, 4.69) is 0 Å². The van der Waals surface area contributed by atoms with Crippen LogP contribution in [0.3, 0.4) is 0 Å². The highest BCUT2D eigenvalue weighted by atomic mass is 19.2. The molecule has 2 rings (SSSR count). The standard InChI is InChI=1S/C13H13F2NO4/c14-10-6-8-9(7-11(10)15)13(19)16(12(8)18)2-1-4-20-5-3-17/h6-7,17H,1-5H2. The summed E-state index contributed by atoms with van der Waals surface area (Å²) < 4.78 is 31.2. The van der Waals surface area contributed by atoms with Gasteiger partial charge in [0.15, 0.2) is 11.6 Å². The lowest BCUT2D eigenvalue weighted by molar-refractivity contribution is 0.0601. The summed E-state index contributed by atoms with van der Waals surface area (Å²) in [5.41, 5.74) is -0.240. The van der Waals surface area contributed by atoms with Crippen molar-refractivity contribution < 1.29 is 28.2 Å². The zero-order valence-corrected chi connectivity index (χ0v) is 10.6. The number of rotatable bonds is 6. The smallest absolute Gasteiger partial charge is 0.261 e. The molecule has 1 aromatic carbocycles. The molecule has 1 N–H and O–H groups in total. The van der Waals surface area contributed by atoms with Crippen molar-refractivity contribution in [2.45, 2.75) is 6.42 Å². The lowest BCUT2D eigenvalue weighted by atomic mass is 10.1. The molecule has 1 aliphatic rings. The van der Waals surface area contributed by atoms with Gasteiger partial charge in [-0.3, -0.25) is 14.5 Å². The Morgan fingerprint density at radius 2 is 1.60 bits per heavy atom. The van der Waals surface area contributed by atoms with Crippen LogP contribution >= 0.6 is 0 Å². The van der Waals surface area contributed by atoms with Gasteiger partial charge in [0.25, 0.3) is 11.8 Å². The van der Waals surface area contributed by atoms with Gasteiger partial charge in [0.1, 0.15) is 0 Å². The van der Waals surface area contributed by atoms with Crippen LogP contribution in [0, 0.1) is 11.6 Å². The molecule has 5 nitrogen and oxygen atoms in total. The average molecular weight is 285 g/mol. The van der Waals surface area contributed by atoms with E-state index in [0.717, 1.165) is 17.0 Å². The molecule has 0 fully saturated rings. The number of hydrogen-bond donors (Lipinski definition) is 1. The fourth-order valence-electron chi connectivity index (χ4n) is 1.98. The fourth-order valence-corrected chi connectivity index (χ4v) is 1.98. The van der Waals surface area contributed by atoms with Crippen molar-refractivity contribution in [3.63, 3.8) is 0 Å². The number of benzene rings is 1. The van der Waals surface area contributed by atoms with Crippen LogP contribution in [0.4, 0.5) is 8.78 Å². The number of imide groups is 1.